The summed E-state index contributed by atoms with van der Waals surface area (Å²) >= 11 is 0. The summed E-state index contributed by atoms with van der Waals surface area (Å²) in [5.41, 5.74) is 2.41. The van der Waals surface area contributed by atoms with Crippen LogP contribution in [0.2, 0.25) is 0 Å². The average molecular weight is 371 g/mol. The lowest BCUT2D eigenvalue weighted by atomic mass is 9.94. The maximum absolute atomic E-state index is 12.3. The minimum atomic E-state index is -0.775. The van der Waals surface area contributed by atoms with E-state index in [2.05, 4.69) is 33.0 Å². The lowest BCUT2D eigenvalue weighted by Gasteiger charge is -2.18. The second kappa shape index (κ2) is 9.16. The zero-order valence-corrected chi connectivity index (χ0v) is 16.5. The number of rotatable bonds is 6. The topological polar surface area (TPSA) is 68.5 Å². The predicted octanol–water partition coefficient (Wildman–Crippen LogP) is 3.75. The van der Waals surface area contributed by atoms with Gasteiger partial charge in [-0.2, -0.15) is 4.57 Å². The molecule has 1 aromatic carbocycles. The second-order valence-electron chi connectivity index (χ2n) is 6.89. The maximum Gasteiger partial charge on any atom is 0.518 e. The van der Waals surface area contributed by atoms with Gasteiger partial charge in [-0.15, -0.1) is 0 Å². The van der Waals surface area contributed by atoms with Gasteiger partial charge in [0.1, 0.15) is 11.3 Å². The number of ether oxygens (including phenoxy) is 2. The van der Waals surface area contributed by atoms with E-state index in [0.717, 1.165) is 11.1 Å². The maximum atomic E-state index is 12.3. The number of pyridine rings is 1. The van der Waals surface area contributed by atoms with Gasteiger partial charge in [0.2, 0.25) is 0 Å². The van der Waals surface area contributed by atoms with E-state index >= 15 is 0 Å². The molecule has 6 heteroatoms. The number of benzene rings is 1. The average Bonchev–Trinajstić information content (AvgIpc) is 2.65. The summed E-state index contributed by atoms with van der Waals surface area (Å²) < 4.78 is 12.4. The van der Waals surface area contributed by atoms with E-state index < -0.39 is 6.16 Å². The minimum Gasteiger partial charge on any atom is -0.394 e. The highest BCUT2D eigenvalue weighted by Gasteiger charge is 2.19. The van der Waals surface area contributed by atoms with Crippen molar-refractivity contribution in [3.63, 3.8) is 0 Å². The molecule has 1 heterocycles. The summed E-state index contributed by atoms with van der Waals surface area (Å²) in [7, 11) is 1.56. The number of carbonyl (C=O) groups is 2. The lowest BCUT2D eigenvalue weighted by Crippen LogP contribution is -2.37. The van der Waals surface area contributed by atoms with Crippen molar-refractivity contribution in [2.45, 2.75) is 46.3 Å². The summed E-state index contributed by atoms with van der Waals surface area (Å²) in [4.78, 5) is 24.0. The Balaban J connectivity index is 2.12. The summed E-state index contributed by atoms with van der Waals surface area (Å²) in [6.45, 7) is 8.16. The Morgan fingerprint density at radius 3 is 2.22 bits per heavy atom. The zero-order valence-electron chi connectivity index (χ0n) is 16.5. The van der Waals surface area contributed by atoms with Gasteiger partial charge >= 0.3 is 6.16 Å². The number of carbonyl (C=O) groups excluding carboxylic acids is 2. The van der Waals surface area contributed by atoms with Crippen molar-refractivity contribution >= 4 is 12.1 Å². The summed E-state index contributed by atoms with van der Waals surface area (Å²) in [5.74, 6) is 0.784. The van der Waals surface area contributed by atoms with Crippen molar-refractivity contribution in [2.75, 3.05) is 7.05 Å². The summed E-state index contributed by atoms with van der Waals surface area (Å²) in [5, 5.41) is 2.55. The van der Waals surface area contributed by atoms with Gasteiger partial charge in [-0.05, 0) is 29.0 Å². The van der Waals surface area contributed by atoms with E-state index in [0.29, 0.717) is 11.3 Å². The summed E-state index contributed by atoms with van der Waals surface area (Å²) in [6, 6.07) is 9.29. The molecule has 0 radical (unpaired) electrons. The second-order valence-corrected chi connectivity index (χ2v) is 6.89. The van der Waals surface area contributed by atoms with Crippen molar-refractivity contribution < 1.29 is 23.6 Å². The molecule has 1 aromatic heterocycles. The van der Waals surface area contributed by atoms with Crippen molar-refractivity contribution in [3.8, 4) is 5.75 Å². The van der Waals surface area contributed by atoms with E-state index in [-0.39, 0.29) is 24.5 Å². The zero-order chi connectivity index (χ0) is 20.0. The Hall–Kier alpha value is -2.89. The Labute approximate surface area is 160 Å². The molecular weight excluding hydrogens is 344 g/mol. The quantitative estimate of drug-likeness (QED) is 0.477. The van der Waals surface area contributed by atoms with Crippen LogP contribution in [0.25, 0.3) is 0 Å². The van der Waals surface area contributed by atoms with Crippen LogP contribution in [-0.4, -0.2) is 19.1 Å². The molecule has 6 nitrogen and oxygen atoms in total. The van der Waals surface area contributed by atoms with Gasteiger partial charge < -0.3 is 14.8 Å². The minimum absolute atomic E-state index is 0.0511. The Kier molecular flexibility index (Phi) is 6.93. The highest BCUT2D eigenvalue weighted by Crippen LogP contribution is 2.34. The lowest BCUT2D eigenvalue weighted by molar-refractivity contribution is -0.727. The summed E-state index contributed by atoms with van der Waals surface area (Å²) in [6.07, 6.45) is 2.54. The van der Waals surface area contributed by atoms with Crippen LogP contribution in [0.15, 0.2) is 42.7 Å². The van der Waals surface area contributed by atoms with Crippen LogP contribution in [-0.2, 0) is 11.5 Å². The van der Waals surface area contributed by atoms with E-state index in [4.69, 9.17) is 9.47 Å². The number of hydrogen-bond acceptors (Lipinski definition) is 4. The van der Waals surface area contributed by atoms with Crippen LogP contribution in [0.4, 0.5) is 4.79 Å². The van der Waals surface area contributed by atoms with Crippen LogP contribution in [0.1, 0.15) is 61.0 Å². The van der Waals surface area contributed by atoms with Gasteiger partial charge in [-0.25, -0.2) is 4.79 Å². The van der Waals surface area contributed by atoms with Gasteiger partial charge in [0.05, 0.1) is 0 Å². The highest BCUT2D eigenvalue weighted by molar-refractivity contribution is 5.93. The molecule has 0 aliphatic carbocycles. The van der Waals surface area contributed by atoms with Crippen LogP contribution in [0, 0.1) is 0 Å². The molecule has 0 bridgehead atoms. The largest absolute Gasteiger partial charge is 0.518 e. The fourth-order valence-corrected chi connectivity index (χ4v) is 2.72. The van der Waals surface area contributed by atoms with Crippen LogP contribution >= 0.6 is 0 Å². The number of aromatic nitrogens is 1. The molecule has 0 aliphatic heterocycles. The molecule has 0 fully saturated rings. The number of amides is 1. The third-order valence-corrected chi connectivity index (χ3v) is 4.18. The molecular formula is C21H27N2O4+. The van der Waals surface area contributed by atoms with E-state index in [1.54, 1.807) is 36.1 Å². The molecule has 144 valence electrons. The van der Waals surface area contributed by atoms with Crippen molar-refractivity contribution in [3.05, 3.63) is 59.4 Å². The predicted molar refractivity (Wildman–Crippen MR) is 102 cm³/mol. The van der Waals surface area contributed by atoms with Crippen LogP contribution < -0.4 is 14.6 Å². The molecule has 0 atom stereocenters. The fourth-order valence-electron chi connectivity index (χ4n) is 2.72. The molecule has 0 saturated carbocycles. The molecule has 1 amide bonds. The highest BCUT2D eigenvalue weighted by atomic mass is 16.7. The number of nitrogens with zero attached hydrogens (tertiary/aromatic N) is 1. The van der Waals surface area contributed by atoms with Gasteiger partial charge in [0.15, 0.2) is 12.4 Å². The molecule has 2 rings (SSSR count). The third-order valence-electron chi connectivity index (χ3n) is 4.18. The van der Waals surface area contributed by atoms with E-state index in [9.17, 15) is 9.59 Å². The first-order chi connectivity index (χ1) is 12.8. The molecule has 2 aromatic rings. The first-order valence-electron chi connectivity index (χ1n) is 9.02. The monoisotopic (exact) mass is 371 g/mol. The molecule has 0 aliphatic rings. The van der Waals surface area contributed by atoms with Crippen molar-refractivity contribution in [2.24, 2.45) is 0 Å². The standard InChI is InChI=1S/C21H26N2O4/c1-14(2)17-9-6-10-18(15(3)4)19(17)27-21(25)26-13-23-11-7-8-16(12-23)20(24)22-5/h6-12,14-15H,13H2,1-5H3/p+1. The molecule has 0 spiro atoms. The SMILES string of the molecule is CNC(=O)c1ccc[n+](COC(=O)Oc2c(C(C)C)cccc2C(C)C)c1. The third kappa shape index (κ3) is 5.29. The van der Waals surface area contributed by atoms with Gasteiger partial charge in [-0.1, -0.05) is 45.9 Å². The van der Waals surface area contributed by atoms with Crippen molar-refractivity contribution in [1.82, 2.24) is 5.32 Å². The molecule has 27 heavy (non-hydrogen) atoms. The molecule has 0 unspecified atom stereocenters. The Morgan fingerprint density at radius 1 is 1.04 bits per heavy atom. The Bertz CT molecular complexity index is 789. The van der Waals surface area contributed by atoms with Gasteiger partial charge in [0, 0.05) is 13.1 Å². The van der Waals surface area contributed by atoms with Crippen LogP contribution in [0.3, 0.4) is 0 Å². The van der Waals surface area contributed by atoms with E-state index in [1.165, 1.54) is 0 Å². The first-order valence-corrected chi connectivity index (χ1v) is 9.02. The Morgan fingerprint density at radius 2 is 1.67 bits per heavy atom. The smallest absolute Gasteiger partial charge is 0.394 e. The fraction of sp³-hybridized carbons (Fsp3) is 0.381. The van der Waals surface area contributed by atoms with Crippen LogP contribution in [0.5, 0.6) is 5.75 Å². The number of hydrogen-bond donors (Lipinski definition) is 1. The van der Waals surface area contributed by atoms with Gasteiger partial charge in [0.25, 0.3) is 12.6 Å². The van der Waals surface area contributed by atoms with E-state index in [1.807, 2.05) is 18.2 Å². The van der Waals surface area contributed by atoms with Gasteiger partial charge in [-0.3, -0.25) is 4.79 Å². The van der Waals surface area contributed by atoms with Crippen molar-refractivity contribution in [1.29, 1.82) is 0 Å². The number of nitrogens with one attached hydrogen (secondary N) is 1. The molecule has 0 saturated heterocycles. The normalized spacial score (nSPS) is 10.8. The number of para-hydroxylation sites is 1. The first kappa shape index (κ1) is 20.4. The molecule has 1 N–H and O–H groups in total.